The minimum atomic E-state index is -0.730. The molecule has 0 amide bonds. The summed E-state index contributed by atoms with van der Waals surface area (Å²) >= 11 is 0. The number of aliphatic carboxylic acids is 1. The lowest BCUT2D eigenvalue weighted by molar-refractivity contribution is -0.137. The Balaban J connectivity index is 2.35. The molecule has 94 valence electrons. The minimum absolute atomic E-state index is 0.209. The highest BCUT2D eigenvalue weighted by Crippen LogP contribution is 2.20. The molecule has 0 spiro atoms. The van der Waals surface area contributed by atoms with Gasteiger partial charge in [0.05, 0.1) is 18.6 Å². The van der Waals surface area contributed by atoms with E-state index in [9.17, 15) is 4.79 Å². The second-order valence-electron chi connectivity index (χ2n) is 4.88. The van der Waals surface area contributed by atoms with Crippen molar-refractivity contribution in [2.75, 3.05) is 13.1 Å². The molecule has 1 fully saturated rings. The third-order valence-corrected chi connectivity index (χ3v) is 3.10. The Morgan fingerprint density at radius 2 is 2.19 bits per heavy atom. The van der Waals surface area contributed by atoms with E-state index in [-0.39, 0.29) is 12.5 Å². The Morgan fingerprint density at radius 1 is 1.50 bits per heavy atom. The first-order chi connectivity index (χ1) is 7.49. The molecule has 2 atom stereocenters. The first-order valence-electron chi connectivity index (χ1n) is 6.10. The van der Waals surface area contributed by atoms with Gasteiger partial charge in [-0.15, -0.1) is 0 Å². The van der Waals surface area contributed by atoms with Crippen LogP contribution in [-0.2, 0) is 9.53 Å². The molecule has 4 nitrogen and oxygen atoms in total. The summed E-state index contributed by atoms with van der Waals surface area (Å²) in [5.41, 5.74) is 0. The number of carboxylic acid groups (broad SMARTS) is 1. The zero-order valence-electron chi connectivity index (χ0n) is 10.5. The van der Waals surface area contributed by atoms with Gasteiger partial charge in [-0.05, 0) is 33.6 Å². The Morgan fingerprint density at radius 3 is 2.62 bits per heavy atom. The summed E-state index contributed by atoms with van der Waals surface area (Å²) in [6, 6.07) is 0.374. The molecule has 0 aromatic heterocycles. The first-order valence-corrected chi connectivity index (χ1v) is 6.10. The molecule has 0 aliphatic carbocycles. The van der Waals surface area contributed by atoms with Crippen LogP contribution < -0.4 is 0 Å². The fourth-order valence-electron chi connectivity index (χ4n) is 2.08. The van der Waals surface area contributed by atoms with E-state index in [2.05, 4.69) is 25.7 Å². The van der Waals surface area contributed by atoms with E-state index < -0.39 is 5.97 Å². The maximum Gasteiger partial charge on any atom is 0.304 e. The van der Waals surface area contributed by atoms with E-state index in [0.29, 0.717) is 18.7 Å². The second kappa shape index (κ2) is 6.21. The molecule has 2 unspecified atom stereocenters. The number of rotatable bonds is 6. The van der Waals surface area contributed by atoms with Crippen molar-refractivity contribution >= 4 is 5.97 Å². The number of hydrogen-bond donors (Lipinski definition) is 1. The Labute approximate surface area is 97.6 Å². The lowest BCUT2D eigenvalue weighted by Crippen LogP contribution is -2.39. The molecule has 1 heterocycles. The number of nitrogens with zero attached hydrogens (tertiary/aromatic N) is 1. The summed E-state index contributed by atoms with van der Waals surface area (Å²) in [5.74, 6) is -0.730. The highest BCUT2D eigenvalue weighted by atomic mass is 16.5. The SMILES string of the molecule is CC1CCC(CN(CCC(=O)O)C(C)C)O1. The fraction of sp³-hybridized carbons (Fsp3) is 0.917. The van der Waals surface area contributed by atoms with Crippen molar-refractivity contribution in [2.45, 2.75) is 58.3 Å². The highest BCUT2D eigenvalue weighted by molar-refractivity contribution is 5.66. The molecule has 1 aliphatic heterocycles. The molecule has 16 heavy (non-hydrogen) atoms. The molecule has 0 saturated carbocycles. The summed E-state index contributed by atoms with van der Waals surface area (Å²) in [6.45, 7) is 7.76. The van der Waals surface area contributed by atoms with E-state index in [1.165, 1.54) is 0 Å². The van der Waals surface area contributed by atoms with Crippen LogP contribution in [0.15, 0.2) is 0 Å². The van der Waals surface area contributed by atoms with Gasteiger partial charge in [-0.1, -0.05) is 0 Å². The van der Waals surface area contributed by atoms with Gasteiger partial charge in [0.15, 0.2) is 0 Å². The van der Waals surface area contributed by atoms with Crippen LogP contribution in [0.3, 0.4) is 0 Å². The normalized spacial score (nSPS) is 25.6. The van der Waals surface area contributed by atoms with Crippen LogP contribution in [0.25, 0.3) is 0 Å². The maximum absolute atomic E-state index is 10.6. The zero-order valence-corrected chi connectivity index (χ0v) is 10.5. The molecule has 4 heteroatoms. The van der Waals surface area contributed by atoms with E-state index in [4.69, 9.17) is 9.84 Å². The number of carbonyl (C=O) groups is 1. The Hall–Kier alpha value is -0.610. The van der Waals surface area contributed by atoms with Crippen LogP contribution in [0, 0.1) is 0 Å². The molecular formula is C12H23NO3. The van der Waals surface area contributed by atoms with E-state index in [1.54, 1.807) is 0 Å². The van der Waals surface area contributed by atoms with Gasteiger partial charge in [0.1, 0.15) is 0 Å². The molecular weight excluding hydrogens is 206 g/mol. The highest BCUT2D eigenvalue weighted by Gasteiger charge is 2.25. The lowest BCUT2D eigenvalue weighted by Gasteiger charge is -2.28. The zero-order chi connectivity index (χ0) is 12.1. The van der Waals surface area contributed by atoms with E-state index in [0.717, 1.165) is 19.4 Å². The average molecular weight is 229 g/mol. The first kappa shape index (κ1) is 13.5. The molecule has 1 rings (SSSR count). The monoisotopic (exact) mass is 229 g/mol. The van der Waals surface area contributed by atoms with Crippen molar-refractivity contribution < 1.29 is 14.6 Å². The van der Waals surface area contributed by atoms with Crippen LogP contribution >= 0.6 is 0 Å². The standard InChI is InChI=1S/C12H23NO3/c1-9(2)13(7-6-12(14)15)8-11-5-4-10(3)16-11/h9-11H,4-8H2,1-3H3,(H,14,15). The lowest BCUT2D eigenvalue weighted by atomic mass is 10.2. The predicted octanol–water partition coefficient (Wildman–Crippen LogP) is 1.74. The van der Waals surface area contributed by atoms with Crippen molar-refractivity contribution in [1.29, 1.82) is 0 Å². The molecule has 1 N–H and O–H groups in total. The van der Waals surface area contributed by atoms with Gasteiger partial charge >= 0.3 is 5.97 Å². The second-order valence-corrected chi connectivity index (χ2v) is 4.88. The molecule has 0 aromatic rings. The quantitative estimate of drug-likeness (QED) is 0.753. The van der Waals surface area contributed by atoms with Crippen LogP contribution in [0.5, 0.6) is 0 Å². The number of carboxylic acids is 1. The van der Waals surface area contributed by atoms with Crippen LogP contribution in [0.1, 0.15) is 40.0 Å². The largest absolute Gasteiger partial charge is 0.481 e. The van der Waals surface area contributed by atoms with Gasteiger partial charge in [0.2, 0.25) is 0 Å². The summed E-state index contributed by atoms with van der Waals surface area (Å²) in [6.07, 6.45) is 3.07. The van der Waals surface area contributed by atoms with Gasteiger partial charge in [-0.25, -0.2) is 0 Å². The summed E-state index contributed by atoms with van der Waals surface area (Å²) in [7, 11) is 0. The molecule has 1 aliphatic rings. The molecule has 0 radical (unpaired) electrons. The molecule has 0 aromatic carbocycles. The number of hydrogen-bond acceptors (Lipinski definition) is 3. The van der Waals surface area contributed by atoms with Crippen molar-refractivity contribution in [3.05, 3.63) is 0 Å². The Kier molecular flexibility index (Phi) is 5.22. The fourth-order valence-corrected chi connectivity index (χ4v) is 2.08. The van der Waals surface area contributed by atoms with Crippen LogP contribution in [0.4, 0.5) is 0 Å². The topological polar surface area (TPSA) is 49.8 Å². The summed E-state index contributed by atoms with van der Waals surface area (Å²) < 4.78 is 5.76. The van der Waals surface area contributed by atoms with Gasteiger partial charge in [-0.2, -0.15) is 0 Å². The van der Waals surface area contributed by atoms with Gasteiger partial charge in [0, 0.05) is 19.1 Å². The average Bonchev–Trinajstić information content (AvgIpc) is 2.57. The third-order valence-electron chi connectivity index (χ3n) is 3.10. The summed E-state index contributed by atoms with van der Waals surface area (Å²) in [5, 5.41) is 8.69. The van der Waals surface area contributed by atoms with E-state index >= 15 is 0 Å². The third kappa shape index (κ3) is 4.49. The minimum Gasteiger partial charge on any atom is -0.481 e. The number of ether oxygens (including phenoxy) is 1. The van der Waals surface area contributed by atoms with Crippen LogP contribution in [-0.4, -0.2) is 47.3 Å². The van der Waals surface area contributed by atoms with Crippen LogP contribution in [0.2, 0.25) is 0 Å². The maximum atomic E-state index is 10.6. The van der Waals surface area contributed by atoms with Gasteiger partial charge in [-0.3, -0.25) is 9.69 Å². The Bertz CT molecular complexity index is 230. The van der Waals surface area contributed by atoms with E-state index in [1.807, 2.05) is 0 Å². The summed E-state index contributed by atoms with van der Waals surface area (Å²) in [4.78, 5) is 12.7. The molecule has 1 saturated heterocycles. The smallest absolute Gasteiger partial charge is 0.304 e. The van der Waals surface area contributed by atoms with Gasteiger partial charge < -0.3 is 9.84 Å². The predicted molar refractivity (Wildman–Crippen MR) is 62.5 cm³/mol. The van der Waals surface area contributed by atoms with Crippen molar-refractivity contribution in [3.8, 4) is 0 Å². The van der Waals surface area contributed by atoms with Crippen molar-refractivity contribution in [3.63, 3.8) is 0 Å². The van der Waals surface area contributed by atoms with Crippen molar-refractivity contribution in [1.82, 2.24) is 4.90 Å². The van der Waals surface area contributed by atoms with Crippen molar-refractivity contribution in [2.24, 2.45) is 0 Å². The van der Waals surface area contributed by atoms with Gasteiger partial charge in [0.25, 0.3) is 0 Å². The molecule has 0 bridgehead atoms.